The van der Waals surface area contributed by atoms with Crippen molar-refractivity contribution in [3.05, 3.63) is 12.2 Å². The fraction of sp³-hybridized carbons (Fsp3) is 0.857. The van der Waals surface area contributed by atoms with Gasteiger partial charge in [-0.3, -0.25) is 0 Å². The molecule has 0 spiro atoms. The van der Waals surface area contributed by atoms with Gasteiger partial charge in [0, 0.05) is 7.11 Å². The number of hydrogen-bond donors (Lipinski definition) is 0. The normalized spacial score (nSPS) is 12.6. The molecule has 0 N–H and O–H groups in total. The summed E-state index contributed by atoms with van der Waals surface area (Å²) in [5.74, 6) is -0.224. The van der Waals surface area contributed by atoms with E-state index >= 15 is 0 Å². The molecule has 0 heterocycles. The topological polar surface area (TPSA) is 35.5 Å². The van der Waals surface area contributed by atoms with Crippen molar-refractivity contribution in [2.75, 3.05) is 13.7 Å². The van der Waals surface area contributed by atoms with Crippen LogP contribution >= 0.6 is 0 Å². The highest BCUT2D eigenvalue weighted by Gasteiger charge is 2.17. The molecule has 1 unspecified atom stereocenters. The van der Waals surface area contributed by atoms with Crippen LogP contribution in [0.4, 0.5) is 0 Å². The number of methoxy groups -OCH3 is 1. The van der Waals surface area contributed by atoms with E-state index in [9.17, 15) is 4.79 Å². The van der Waals surface area contributed by atoms with Gasteiger partial charge in [0.25, 0.3) is 0 Å². The highest BCUT2D eigenvalue weighted by atomic mass is 16.6. The summed E-state index contributed by atoms with van der Waals surface area (Å²) < 4.78 is 10.2. The van der Waals surface area contributed by atoms with E-state index < -0.39 is 0 Å². The molecule has 0 rings (SSSR count). The molecule has 142 valence electrons. The van der Waals surface area contributed by atoms with Crippen LogP contribution < -0.4 is 0 Å². The summed E-state index contributed by atoms with van der Waals surface area (Å²) in [5.41, 5.74) is 0. The monoisotopic (exact) mass is 340 g/mol. The summed E-state index contributed by atoms with van der Waals surface area (Å²) in [6.07, 6.45) is 20.4. The first-order valence-electron chi connectivity index (χ1n) is 10.1. The number of allylic oxidation sites excluding steroid dienone is 2. The van der Waals surface area contributed by atoms with Crippen LogP contribution in [-0.4, -0.2) is 25.8 Å². The molecule has 3 nitrogen and oxygen atoms in total. The van der Waals surface area contributed by atoms with Gasteiger partial charge in [0.05, 0.1) is 6.61 Å². The van der Waals surface area contributed by atoms with Crippen LogP contribution in [0.15, 0.2) is 12.2 Å². The molecule has 0 aliphatic heterocycles. The van der Waals surface area contributed by atoms with Gasteiger partial charge in [-0.05, 0) is 39.0 Å². The number of hydrogen-bond acceptors (Lipinski definition) is 3. The molecular formula is C21H40O3. The Bertz CT molecular complexity index is 299. The Morgan fingerprint density at radius 2 is 1.38 bits per heavy atom. The summed E-state index contributed by atoms with van der Waals surface area (Å²) in [6.45, 7) is 4.51. The molecule has 0 fully saturated rings. The third-order valence-electron chi connectivity index (χ3n) is 4.31. The summed E-state index contributed by atoms with van der Waals surface area (Å²) in [5, 5.41) is 0. The van der Waals surface area contributed by atoms with Gasteiger partial charge >= 0.3 is 5.97 Å². The van der Waals surface area contributed by atoms with Crippen LogP contribution in [0.25, 0.3) is 0 Å². The van der Waals surface area contributed by atoms with Gasteiger partial charge in [0.1, 0.15) is 0 Å². The van der Waals surface area contributed by atoms with Crippen LogP contribution in [0.2, 0.25) is 0 Å². The number of unbranched alkanes of at least 4 members (excludes halogenated alkanes) is 10. The molecule has 0 aromatic heterocycles. The van der Waals surface area contributed by atoms with Crippen molar-refractivity contribution in [2.24, 2.45) is 0 Å². The van der Waals surface area contributed by atoms with Gasteiger partial charge in [-0.15, -0.1) is 0 Å². The average molecular weight is 341 g/mol. The predicted octanol–water partition coefficient (Wildman–Crippen LogP) is 6.21. The van der Waals surface area contributed by atoms with E-state index in [2.05, 4.69) is 19.1 Å². The van der Waals surface area contributed by atoms with E-state index in [0.717, 1.165) is 19.3 Å². The maximum Gasteiger partial charge on any atom is 0.335 e. The second-order valence-electron chi connectivity index (χ2n) is 6.50. The minimum absolute atomic E-state index is 0.224. The zero-order chi connectivity index (χ0) is 17.9. The van der Waals surface area contributed by atoms with Crippen molar-refractivity contribution in [1.82, 2.24) is 0 Å². The van der Waals surface area contributed by atoms with Gasteiger partial charge in [-0.25, -0.2) is 4.79 Å². The number of esters is 1. The number of carbonyl (C=O) groups excluding carboxylic acids is 1. The van der Waals surface area contributed by atoms with Crippen LogP contribution in [0, 0.1) is 0 Å². The fourth-order valence-corrected chi connectivity index (χ4v) is 2.79. The lowest BCUT2D eigenvalue weighted by Gasteiger charge is -2.13. The van der Waals surface area contributed by atoms with Gasteiger partial charge < -0.3 is 9.47 Å². The molecule has 0 aliphatic rings. The lowest BCUT2D eigenvalue weighted by atomic mass is 10.1. The lowest BCUT2D eigenvalue weighted by molar-refractivity contribution is -0.155. The van der Waals surface area contributed by atoms with Crippen LogP contribution in [-0.2, 0) is 14.3 Å². The Balaban J connectivity index is 3.37. The predicted molar refractivity (Wildman–Crippen MR) is 102 cm³/mol. The summed E-state index contributed by atoms with van der Waals surface area (Å²) in [7, 11) is 1.58. The zero-order valence-electron chi connectivity index (χ0n) is 16.4. The molecule has 1 atom stereocenters. The van der Waals surface area contributed by atoms with Crippen LogP contribution in [0.3, 0.4) is 0 Å². The Labute approximate surface area is 150 Å². The molecule has 3 heteroatoms. The second kappa shape index (κ2) is 18.5. The van der Waals surface area contributed by atoms with Crippen molar-refractivity contribution < 1.29 is 14.3 Å². The minimum atomic E-state index is -0.387. The SMILES string of the molecule is CCCCCCCC/C=C\CCCCCCC(OC)C(=O)OCC. The van der Waals surface area contributed by atoms with Gasteiger partial charge in [-0.2, -0.15) is 0 Å². The molecule has 0 saturated heterocycles. The summed E-state index contributed by atoms with van der Waals surface area (Å²) in [4.78, 5) is 11.6. The van der Waals surface area contributed by atoms with E-state index in [-0.39, 0.29) is 12.1 Å². The molecule has 0 aromatic rings. The second-order valence-corrected chi connectivity index (χ2v) is 6.50. The quantitative estimate of drug-likeness (QED) is 0.179. The average Bonchev–Trinajstić information content (AvgIpc) is 2.58. The third kappa shape index (κ3) is 14.7. The Hall–Kier alpha value is -0.830. The molecule has 0 aliphatic carbocycles. The maximum atomic E-state index is 11.6. The van der Waals surface area contributed by atoms with Crippen LogP contribution in [0.5, 0.6) is 0 Å². The minimum Gasteiger partial charge on any atom is -0.464 e. The fourth-order valence-electron chi connectivity index (χ4n) is 2.79. The molecule has 0 bridgehead atoms. The van der Waals surface area contributed by atoms with E-state index in [4.69, 9.17) is 9.47 Å². The highest BCUT2D eigenvalue weighted by molar-refractivity contribution is 5.74. The highest BCUT2D eigenvalue weighted by Crippen LogP contribution is 2.11. The van der Waals surface area contributed by atoms with E-state index in [0.29, 0.717) is 6.61 Å². The standard InChI is InChI=1S/C21H40O3/c1-4-6-7-8-9-10-11-12-13-14-15-16-17-18-19-20(23-3)21(22)24-5-2/h12-13,20H,4-11,14-19H2,1-3H3/b13-12-. The zero-order valence-corrected chi connectivity index (χ0v) is 16.4. The van der Waals surface area contributed by atoms with Gasteiger partial charge in [0.15, 0.2) is 6.10 Å². The number of carbonyl (C=O) groups is 1. The maximum absolute atomic E-state index is 11.6. The van der Waals surface area contributed by atoms with Crippen molar-refractivity contribution in [3.8, 4) is 0 Å². The van der Waals surface area contributed by atoms with Gasteiger partial charge in [0.2, 0.25) is 0 Å². The lowest BCUT2D eigenvalue weighted by Crippen LogP contribution is -2.25. The van der Waals surface area contributed by atoms with E-state index in [1.165, 1.54) is 64.2 Å². The summed E-state index contributed by atoms with van der Waals surface area (Å²) >= 11 is 0. The number of ether oxygens (including phenoxy) is 2. The first-order chi connectivity index (χ1) is 11.8. The van der Waals surface area contributed by atoms with E-state index in [1.54, 1.807) is 7.11 Å². The van der Waals surface area contributed by atoms with Crippen molar-refractivity contribution in [1.29, 1.82) is 0 Å². The van der Waals surface area contributed by atoms with Crippen molar-refractivity contribution >= 4 is 5.97 Å². The molecule has 0 saturated carbocycles. The largest absolute Gasteiger partial charge is 0.464 e. The molecule has 24 heavy (non-hydrogen) atoms. The summed E-state index contributed by atoms with van der Waals surface area (Å²) in [6, 6.07) is 0. The third-order valence-corrected chi connectivity index (χ3v) is 4.31. The van der Waals surface area contributed by atoms with Gasteiger partial charge in [-0.1, -0.05) is 70.4 Å². The molecule has 0 aromatic carbocycles. The number of rotatable bonds is 17. The smallest absolute Gasteiger partial charge is 0.335 e. The van der Waals surface area contributed by atoms with Crippen molar-refractivity contribution in [3.63, 3.8) is 0 Å². The molecule has 0 radical (unpaired) electrons. The first-order valence-corrected chi connectivity index (χ1v) is 10.1. The first kappa shape index (κ1) is 23.2. The van der Waals surface area contributed by atoms with Crippen molar-refractivity contribution in [2.45, 2.75) is 103 Å². The molecular weight excluding hydrogens is 300 g/mol. The Morgan fingerprint density at radius 3 is 1.92 bits per heavy atom. The Morgan fingerprint density at radius 1 is 0.833 bits per heavy atom. The molecule has 0 amide bonds. The Kier molecular flexibility index (Phi) is 17.9. The van der Waals surface area contributed by atoms with E-state index in [1.807, 2.05) is 6.92 Å². The van der Waals surface area contributed by atoms with Crippen LogP contribution in [0.1, 0.15) is 97.3 Å².